The van der Waals surface area contributed by atoms with Crippen molar-refractivity contribution in [3.63, 3.8) is 0 Å². The summed E-state index contributed by atoms with van der Waals surface area (Å²) in [6.45, 7) is 4.69. The molecule has 0 radical (unpaired) electrons. The second-order valence-corrected chi connectivity index (χ2v) is 5.84. The van der Waals surface area contributed by atoms with Gasteiger partial charge in [0.1, 0.15) is 5.51 Å². The van der Waals surface area contributed by atoms with Gasteiger partial charge in [0, 0.05) is 25.0 Å². The molecule has 0 aromatic carbocycles. The van der Waals surface area contributed by atoms with Gasteiger partial charge in [-0.2, -0.15) is 0 Å². The lowest BCUT2D eigenvalue weighted by Gasteiger charge is -2.45. The lowest BCUT2D eigenvalue weighted by atomic mass is 9.74. The van der Waals surface area contributed by atoms with E-state index in [2.05, 4.69) is 20.4 Å². The van der Waals surface area contributed by atoms with Gasteiger partial charge in [-0.25, -0.2) is 0 Å². The Bertz CT molecular complexity index is 326. The van der Waals surface area contributed by atoms with Gasteiger partial charge in [-0.15, -0.1) is 10.2 Å². The summed E-state index contributed by atoms with van der Waals surface area (Å²) in [6.07, 6.45) is 5.36. The van der Waals surface area contributed by atoms with Gasteiger partial charge in [-0.05, 0) is 32.2 Å². The maximum atomic E-state index is 4.19. The molecule has 1 spiro atoms. The summed E-state index contributed by atoms with van der Waals surface area (Å²) in [6, 6.07) is 0. The monoisotopic (exact) mass is 238 g/mol. The topological polar surface area (TPSA) is 41.1 Å². The summed E-state index contributed by atoms with van der Waals surface area (Å²) in [7, 11) is 0. The molecule has 16 heavy (non-hydrogen) atoms. The molecule has 1 atom stereocenters. The number of aromatic nitrogens is 2. The molecule has 1 aromatic rings. The van der Waals surface area contributed by atoms with Crippen LogP contribution >= 0.6 is 11.3 Å². The summed E-state index contributed by atoms with van der Waals surface area (Å²) in [4.78, 5) is 2.42. The minimum atomic E-state index is 0.502. The Kier molecular flexibility index (Phi) is 2.81. The molecule has 2 fully saturated rings. The predicted molar refractivity (Wildman–Crippen MR) is 65.9 cm³/mol. The number of hydrogen-bond donors (Lipinski definition) is 1. The van der Waals surface area contributed by atoms with Crippen molar-refractivity contribution in [1.29, 1.82) is 0 Å². The van der Waals surface area contributed by atoms with E-state index in [4.69, 9.17) is 0 Å². The molecule has 4 nitrogen and oxygen atoms in total. The molecule has 0 amide bonds. The molecule has 3 heterocycles. The van der Waals surface area contributed by atoms with E-state index in [1.54, 1.807) is 11.3 Å². The Morgan fingerprint density at radius 1 is 1.38 bits per heavy atom. The molecule has 88 valence electrons. The van der Waals surface area contributed by atoms with Crippen LogP contribution in [0.4, 0.5) is 5.13 Å². The van der Waals surface area contributed by atoms with Gasteiger partial charge in [-0.3, -0.25) is 0 Å². The van der Waals surface area contributed by atoms with Crippen LogP contribution in [0.3, 0.4) is 0 Å². The van der Waals surface area contributed by atoms with Gasteiger partial charge >= 0.3 is 0 Å². The van der Waals surface area contributed by atoms with E-state index >= 15 is 0 Å². The van der Waals surface area contributed by atoms with Crippen molar-refractivity contribution in [2.45, 2.75) is 25.7 Å². The van der Waals surface area contributed by atoms with Gasteiger partial charge in [0.05, 0.1) is 0 Å². The minimum absolute atomic E-state index is 0.502. The Morgan fingerprint density at radius 3 is 3.06 bits per heavy atom. The van der Waals surface area contributed by atoms with Crippen molar-refractivity contribution in [3.05, 3.63) is 5.51 Å². The van der Waals surface area contributed by atoms with E-state index in [0.717, 1.165) is 18.2 Å². The molecule has 2 aliphatic rings. The molecule has 2 aliphatic heterocycles. The number of piperidine rings is 2. The van der Waals surface area contributed by atoms with E-state index in [-0.39, 0.29) is 0 Å². The Morgan fingerprint density at radius 2 is 2.31 bits per heavy atom. The highest BCUT2D eigenvalue weighted by Crippen LogP contribution is 2.37. The van der Waals surface area contributed by atoms with Crippen LogP contribution in [0.5, 0.6) is 0 Å². The van der Waals surface area contributed by atoms with Crippen molar-refractivity contribution in [2.75, 3.05) is 31.1 Å². The lowest BCUT2D eigenvalue weighted by molar-refractivity contribution is 0.173. The Balaban J connectivity index is 1.74. The number of hydrogen-bond acceptors (Lipinski definition) is 5. The second-order valence-electron chi connectivity index (χ2n) is 5.03. The highest BCUT2D eigenvalue weighted by atomic mass is 32.1. The zero-order chi connectivity index (χ0) is 10.8. The fourth-order valence-corrected chi connectivity index (χ4v) is 3.64. The molecular weight excluding hydrogens is 220 g/mol. The van der Waals surface area contributed by atoms with Crippen molar-refractivity contribution in [2.24, 2.45) is 5.41 Å². The van der Waals surface area contributed by atoms with Crippen LogP contribution in [0, 0.1) is 5.41 Å². The molecule has 0 bridgehead atoms. The molecule has 3 rings (SSSR count). The number of rotatable bonds is 1. The zero-order valence-corrected chi connectivity index (χ0v) is 10.3. The molecule has 1 aromatic heterocycles. The van der Waals surface area contributed by atoms with Crippen molar-refractivity contribution >= 4 is 16.5 Å². The Labute approximate surface area is 100 Å². The molecule has 0 aliphatic carbocycles. The van der Waals surface area contributed by atoms with Crippen LogP contribution in [-0.2, 0) is 0 Å². The first-order valence-electron chi connectivity index (χ1n) is 6.10. The highest BCUT2D eigenvalue weighted by Gasteiger charge is 2.37. The predicted octanol–water partition coefficient (Wildman–Crippen LogP) is 1.51. The minimum Gasteiger partial charge on any atom is -0.346 e. The van der Waals surface area contributed by atoms with E-state index in [1.807, 2.05) is 5.51 Å². The molecule has 0 saturated carbocycles. The molecule has 1 N–H and O–H groups in total. The fraction of sp³-hybridized carbons (Fsp3) is 0.818. The smallest absolute Gasteiger partial charge is 0.208 e. The summed E-state index contributed by atoms with van der Waals surface area (Å²) < 4.78 is 0. The SMILES string of the molecule is c1nnc(N2CCCC3(CCCNC3)C2)s1. The fourth-order valence-electron chi connectivity index (χ4n) is 3.05. The molecule has 1 unspecified atom stereocenters. The summed E-state index contributed by atoms with van der Waals surface area (Å²) in [5, 5.41) is 12.8. The highest BCUT2D eigenvalue weighted by molar-refractivity contribution is 7.13. The molecular formula is C11H18N4S. The van der Waals surface area contributed by atoms with Gasteiger partial charge in [0.2, 0.25) is 5.13 Å². The van der Waals surface area contributed by atoms with Gasteiger partial charge in [-0.1, -0.05) is 11.3 Å². The standard InChI is InChI=1S/C11H18N4S/c1-3-11(7-12-5-1)4-2-6-15(8-11)10-14-13-9-16-10/h9,12H,1-8H2. The van der Waals surface area contributed by atoms with Gasteiger partial charge in [0.25, 0.3) is 0 Å². The average Bonchev–Trinajstić information content (AvgIpc) is 2.83. The second kappa shape index (κ2) is 4.30. The van der Waals surface area contributed by atoms with E-state index in [9.17, 15) is 0 Å². The van der Waals surface area contributed by atoms with Crippen molar-refractivity contribution < 1.29 is 0 Å². The van der Waals surface area contributed by atoms with E-state index < -0.39 is 0 Å². The van der Waals surface area contributed by atoms with E-state index in [1.165, 1.54) is 38.8 Å². The number of nitrogens with one attached hydrogen (secondary N) is 1. The zero-order valence-electron chi connectivity index (χ0n) is 9.48. The van der Waals surface area contributed by atoms with Gasteiger partial charge in [0.15, 0.2) is 0 Å². The van der Waals surface area contributed by atoms with Crippen LogP contribution in [0.2, 0.25) is 0 Å². The third kappa shape index (κ3) is 1.94. The third-order valence-corrected chi connectivity index (χ3v) is 4.59. The summed E-state index contributed by atoms with van der Waals surface area (Å²) in [5.74, 6) is 0. The number of nitrogens with zero attached hydrogens (tertiary/aromatic N) is 3. The van der Waals surface area contributed by atoms with Crippen LogP contribution < -0.4 is 10.2 Å². The quantitative estimate of drug-likeness (QED) is 0.805. The van der Waals surface area contributed by atoms with Crippen LogP contribution in [0.25, 0.3) is 0 Å². The van der Waals surface area contributed by atoms with Crippen molar-refractivity contribution in [3.8, 4) is 0 Å². The molecule has 5 heteroatoms. The number of anilines is 1. The average molecular weight is 238 g/mol. The van der Waals surface area contributed by atoms with Crippen LogP contribution in [0.15, 0.2) is 5.51 Å². The van der Waals surface area contributed by atoms with E-state index in [0.29, 0.717) is 5.41 Å². The maximum Gasteiger partial charge on any atom is 0.208 e. The molecule has 2 saturated heterocycles. The summed E-state index contributed by atoms with van der Waals surface area (Å²) >= 11 is 1.66. The van der Waals surface area contributed by atoms with Gasteiger partial charge < -0.3 is 10.2 Å². The third-order valence-electron chi connectivity index (χ3n) is 3.84. The first-order valence-corrected chi connectivity index (χ1v) is 6.98. The summed E-state index contributed by atoms with van der Waals surface area (Å²) in [5.41, 5.74) is 2.33. The largest absolute Gasteiger partial charge is 0.346 e. The van der Waals surface area contributed by atoms with Crippen LogP contribution in [0.1, 0.15) is 25.7 Å². The Hall–Kier alpha value is -0.680. The maximum absolute atomic E-state index is 4.19. The first-order chi connectivity index (χ1) is 7.88. The normalized spacial score (nSPS) is 30.9. The van der Waals surface area contributed by atoms with Crippen molar-refractivity contribution in [1.82, 2.24) is 15.5 Å². The first kappa shape index (κ1) is 10.5. The lowest BCUT2D eigenvalue weighted by Crippen LogP contribution is -2.51. The van der Waals surface area contributed by atoms with Crippen LogP contribution in [-0.4, -0.2) is 36.4 Å².